The van der Waals surface area contributed by atoms with Crippen LogP contribution in [0.2, 0.25) is 0 Å². The van der Waals surface area contributed by atoms with Gasteiger partial charge in [0.15, 0.2) is 0 Å². The van der Waals surface area contributed by atoms with Crippen LogP contribution in [0.1, 0.15) is 39.3 Å². The maximum Gasteiger partial charge on any atom is 0.327 e. The van der Waals surface area contributed by atoms with E-state index in [0.29, 0.717) is 5.56 Å². The van der Waals surface area contributed by atoms with Crippen molar-refractivity contribution in [1.82, 2.24) is 20.9 Å². The van der Waals surface area contributed by atoms with Gasteiger partial charge >= 0.3 is 11.9 Å². The molecule has 0 aliphatic carbocycles. The number of carbonyl (C=O) groups is 5. The van der Waals surface area contributed by atoms with Crippen LogP contribution >= 0.6 is 23.5 Å². The molecule has 7 atom stereocenters. The molecule has 1 aromatic rings. The number of fused-ring (bicyclic) bond motifs is 1. The molecule has 3 saturated heterocycles. The van der Waals surface area contributed by atoms with Crippen LogP contribution in [0.25, 0.3) is 0 Å². The molecule has 14 heteroatoms. The number of carbonyl (C=O) groups excluding carboxylic acids is 3. The quantitative estimate of drug-likeness (QED) is 0.227. The summed E-state index contributed by atoms with van der Waals surface area (Å²) in [7, 11) is 0. The van der Waals surface area contributed by atoms with E-state index in [1.165, 1.54) is 28.4 Å². The number of β-lactam (4-membered cyclic amide) rings is 1. The van der Waals surface area contributed by atoms with Crippen LogP contribution < -0.4 is 21.7 Å². The second-order valence-electron chi connectivity index (χ2n) is 10.5. The number of carboxylic acids is 2. The molecule has 1 aromatic carbocycles. The van der Waals surface area contributed by atoms with Crippen LogP contribution in [-0.4, -0.2) is 89.2 Å². The zero-order valence-electron chi connectivity index (χ0n) is 21.2. The summed E-state index contributed by atoms with van der Waals surface area (Å²) >= 11 is 2.46. The molecule has 3 fully saturated rings. The minimum atomic E-state index is -1.28. The smallest absolute Gasteiger partial charge is 0.327 e. The summed E-state index contributed by atoms with van der Waals surface area (Å²) in [5.74, 6) is -4.13. The second kappa shape index (κ2) is 10.1. The number of benzene rings is 1. The lowest BCUT2D eigenvalue weighted by Gasteiger charge is -2.44. The van der Waals surface area contributed by atoms with E-state index in [4.69, 9.17) is 5.73 Å². The molecule has 206 valence electrons. The maximum atomic E-state index is 13.6. The van der Waals surface area contributed by atoms with E-state index in [9.17, 15) is 34.2 Å². The summed E-state index contributed by atoms with van der Waals surface area (Å²) < 4.78 is -1.59. The lowest BCUT2D eigenvalue weighted by atomic mass is 9.96. The van der Waals surface area contributed by atoms with E-state index in [2.05, 4.69) is 16.0 Å². The molecule has 0 spiro atoms. The van der Waals surface area contributed by atoms with E-state index < -0.39 is 80.1 Å². The van der Waals surface area contributed by atoms with Gasteiger partial charge in [0, 0.05) is 9.49 Å². The molecule has 4 rings (SSSR count). The average molecular weight is 566 g/mol. The number of aliphatic carboxylic acids is 2. The summed E-state index contributed by atoms with van der Waals surface area (Å²) in [6, 6.07) is 3.15. The molecule has 0 bridgehead atoms. The summed E-state index contributed by atoms with van der Waals surface area (Å²) in [5.41, 5.74) is 6.66. The van der Waals surface area contributed by atoms with Crippen molar-refractivity contribution in [2.24, 2.45) is 5.73 Å². The van der Waals surface area contributed by atoms with E-state index in [1.807, 2.05) is 0 Å². The Bertz CT molecular complexity index is 1160. The number of nitrogens with zero attached hydrogens (tertiary/aromatic N) is 1. The fraction of sp³-hybridized carbons (Fsp3) is 0.542. The standard InChI is InChI=1S/C24H31N5O7S2/c1-23(2)14(21(33)34)28-18(37-23)12(26-16(30)11(25)10-8-6-5-7-9-10)17(31)27-13-19(32)29-15(22(35)36)24(3,4)38-20(13)29/h5-9,11-15,18,20,28H,25H2,1-4H3,(H,26,30)(H,27,31)(H,33,34)(H,35,36)/t11-,12?,13-,14+,15+,18?,20-/m1/s1. The fourth-order valence-electron chi connectivity index (χ4n) is 5.05. The van der Waals surface area contributed by atoms with E-state index in [0.717, 1.165) is 0 Å². The minimum absolute atomic E-state index is 0.522. The number of hydrogen-bond donors (Lipinski definition) is 6. The number of nitrogens with two attached hydrogens (primary N) is 1. The predicted octanol–water partition coefficient (Wildman–Crippen LogP) is -0.303. The highest BCUT2D eigenvalue weighted by Crippen LogP contribution is 2.50. The SMILES string of the molecule is CC1(C)S[C@@H]2[C@H](NC(=O)C(NC(=O)[C@H](N)c3ccccc3)C3N[C@@H](C(=O)O)C(C)(C)S3)C(=O)N2[C@H]1C(=O)O. The Morgan fingerprint density at radius 3 is 2.18 bits per heavy atom. The monoisotopic (exact) mass is 565 g/mol. The van der Waals surface area contributed by atoms with E-state index in [-0.39, 0.29) is 0 Å². The zero-order valence-corrected chi connectivity index (χ0v) is 22.8. The molecule has 7 N–H and O–H groups in total. The minimum Gasteiger partial charge on any atom is -0.480 e. The summed E-state index contributed by atoms with van der Waals surface area (Å²) in [4.78, 5) is 64.5. The van der Waals surface area contributed by atoms with Crippen molar-refractivity contribution in [2.45, 2.75) is 78.1 Å². The third kappa shape index (κ3) is 4.97. The summed E-state index contributed by atoms with van der Waals surface area (Å²) in [6.07, 6.45) is 0. The van der Waals surface area contributed by atoms with Crippen LogP contribution in [0.5, 0.6) is 0 Å². The number of nitrogens with one attached hydrogen (secondary N) is 3. The average Bonchev–Trinajstić information content (AvgIpc) is 3.30. The lowest BCUT2D eigenvalue weighted by molar-refractivity contribution is -0.161. The molecule has 0 saturated carbocycles. The Balaban J connectivity index is 1.55. The largest absolute Gasteiger partial charge is 0.480 e. The molecular weight excluding hydrogens is 534 g/mol. The van der Waals surface area contributed by atoms with Crippen molar-refractivity contribution < 1.29 is 34.2 Å². The van der Waals surface area contributed by atoms with Gasteiger partial charge in [0.05, 0.1) is 5.37 Å². The van der Waals surface area contributed by atoms with Crippen LogP contribution in [0, 0.1) is 0 Å². The Hall–Kier alpha value is -2.81. The third-order valence-corrected chi connectivity index (χ3v) is 10.1. The first-order chi connectivity index (χ1) is 17.7. The van der Waals surface area contributed by atoms with Gasteiger partial charge in [-0.05, 0) is 33.3 Å². The van der Waals surface area contributed by atoms with Crippen molar-refractivity contribution in [3.63, 3.8) is 0 Å². The second-order valence-corrected chi connectivity index (χ2v) is 14.1. The Kier molecular flexibility index (Phi) is 7.47. The van der Waals surface area contributed by atoms with Crippen LogP contribution in [0.15, 0.2) is 30.3 Å². The van der Waals surface area contributed by atoms with Crippen LogP contribution in [0.3, 0.4) is 0 Å². The fourth-order valence-corrected chi connectivity index (χ4v) is 8.17. The summed E-state index contributed by atoms with van der Waals surface area (Å²) in [5, 5.41) is 26.1. The summed E-state index contributed by atoms with van der Waals surface area (Å²) in [6.45, 7) is 6.88. The van der Waals surface area contributed by atoms with Crippen LogP contribution in [0.4, 0.5) is 0 Å². The van der Waals surface area contributed by atoms with Crippen molar-refractivity contribution >= 4 is 53.2 Å². The van der Waals surface area contributed by atoms with Gasteiger partial charge < -0.3 is 31.5 Å². The molecule has 3 amide bonds. The first-order valence-corrected chi connectivity index (χ1v) is 13.7. The molecule has 3 aliphatic rings. The predicted molar refractivity (Wildman–Crippen MR) is 141 cm³/mol. The zero-order chi connectivity index (χ0) is 28.2. The van der Waals surface area contributed by atoms with Gasteiger partial charge in [-0.3, -0.25) is 24.5 Å². The normalized spacial score (nSPS) is 30.5. The van der Waals surface area contributed by atoms with Gasteiger partial charge in [-0.15, -0.1) is 23.5 Å². The highest BCUT2D eigenvalue weighted by atomic mass is 32.2. The number of rotatable bonds is 8. The van der Waals surface area contributed by atoms with E-state index in [1.54, 1.807) is 58.0 Å². The molecular formula is C24H31N5O7S2. The molecule has 0 aromatic heterocycles. The number of carboxylic acid groups (broad SMARTS) is 2. The molecule has 3 aliphatic heterocycles. The van der Waals surface area contributed by atoms with Crippen molar-refractivity contribution in [3.05, 3.63) is 35.9 Å². The first kappa shape index (κ1) is 28.2. The van der Waals surface area contributed by atoms with Gasteiger partial charge in [0.2, 0.25) is 17.7 Å². The Morgan fingerprint density at radius 2 is 1.63 bits per heavy atom. The van der Waals surface area contributed by atoms with Gasteiger partial charge in [0.25, 0.3) is 0 Å². The highest BCUT2D eigenvalue weighted by Gasteiger charge is 2.64. The van der Waals surface area contributed by atoms with Crippen molar-refractivity contribution in [3.8, 4) is 0 Å². The van der Waals surface area contributed by atoms with E-state index >= 15 is 0 Å². The molecule has 12 nitrogen and oxygen atoms in total. The number of thioether (sulfide) groups is 2. The van der Waals surface area contributed by atoms with Gasteiger partial charge in [-0.1, -0.05) is 30.3 Å². The molecule has 3 heterocycles. The Labute approximate surface area is 227 Å². The molecule has 2 unspecified atom stereocenters. The van der Waals surface area contributed by atoms with Gasteiger partial charge in [0.1, 0.15) is 35.6 Å². The first-order valence-electron chi connectivity index (χ1n) is 12.0. The third-order valence-electron chi connectivity index (χ3n) is 7.00. The van der Waals surface area contributed by atoms with Gasteiger partial charge in [-0.25, -0.2) is 4.79 Å². The van der Waals surface area contributed by atoms with Crippen molar-refractivity contribution in [1.29, 1.82) is 0 Å². The topological polar surface area (TPSA) is 191 Å². The molecule has 38 heavy (non-hydrogen) atoms. The van der Waals surface area contributed by atoms with Crippen LogP contribution in [-0.2, 0) is 24.0 Å². The highest BCUT2D eigenvalue weighted by molar-refractivity contribution is 8.02. The van der Waals surface area contributed by atoms with Gasteiger partial charge in [-0.2, -0.15) is 0 Å². The maximum absolute atomic E-state index is 13.6. The lowest BCUT2D eigenvalue weighted by Crippen LogP contribution is -2.72. The number of hydrogen-bond acceptors (Lipinski definition) is 9. The Morgan fingerprint density at radius 1 is 1.00 bits per heavy atom. The number of amides is 3. The van der Waals surface area contributed by atoms with Crippen molar-refractivity contribution in [2.75, 3.05) is 0 Å². The molecule has 0 radical (unpaired) electrons.